The van der Waals surface area contributed by atoms with Gasteiger partial charge in [0.2, 0.25) is 5.78 Å². The summed E-state index contributed by atoms with van der Waals surface area (Å²) in [6, 6.07) is 55.9. The SMILES string of the molecule is COC(C(=O)O)C1CCC(c2nc3c(-c4ccc(-c5ccccc5)nc4)cnn3c(N)c2Br)CC1.Nc1c(Br)c(C2CCC(C(=O)C(=O)O)CC2)nc2c(-c3ccc(-c4ccccc4)nc3)cnn12.Nc1c(Br)c(C2CCC(C(O)C(=O)O)CC2)nc2c(-c3ccc(-c4ccccc4)nc3)cnn12.Nc1c(Br)c(C2CCC(C(O)C(=O)O)CC2)nc2c(-c3ccc(-c4ccccc4)nc3)cnn12. The number of pyridine rings is 4. The summed E-state index contributed by atoms with van der Waals surface area (Å²) in [5.41, 5.74) is 46.3. The minimum Gasteiger partial charge on any atom is -0.479 e. The van der Waals surface area contributed by atoms with E-state index < -0.39 is 53.9 Å². The van der Waals surface area contributed by atoms with Crippen molar-refractivity contribution in [1.29, 1.82) is 0 Å². The molecule has 0 amide bonds. The molecule has 14 N–H and O–H groups in total. The fourth-order valence-electron chi connectivity index (χ4n) is 19.1. The Labute approximate surface area is 819 Å². The molecular weight excluding hydrogens is 2000 g/mol. The lowest BCUT2D eigenvalue weighted by Gasteiger charge is -2.31. The highest BCUT2D eigenvalue weighted by Gasteiger charge is 2.39. The highest BCUT2D eigenvalue weighted by Crippen LogP contribution is 2.48. The molecule has 4 saturated carbocycles. The summed E-state index contributed by atoms with van der Waals surface area (Å²) in [4.78, 5) is 95.0. The molecule has 3 atom stereocenters. The van der Waals surface area contributed by atoms with E-state index in [4.69, 9.17) is 62.9 Å². The second kappa shape index (κ2) is 42.0. The van der Waals surface area contributed by atoms with Crippen LogP contribution in [0.2, 0.25) is 0 Å². The van der Waals surface area contributed by atoms with Gasteiger partial charge in [-0.05, 0) is 208 Å². The van der Waals surface area contributed by atoms with E-state index in [0.29, 0.717) is 111 Å². The summed E-state index contributed by atoms with van der Waals surface area (Å²) in [5.74, 6) is -3.89. The number of fused-ring (bicyclic) bond motifs is 4. The molecule has 12 aromatic heterocycles. The number of aliphatic hydroxyl groups is 2. The third kappa shape index (κ3) is 20.2. The van der Waals surface area contributed by atoms with E-state index in [9.17, 15) is 39.3 Å². The van der Waals surface area contributed by atoms with Gasteiger partial charge in [0.25, 0.3) is 0 Å². The van der Waals surface area contributed by atoms with Crippen LogP contribution in [0.5, 0.6) is 0 Å². The van der Waals surface area contributed by atoms with E-state index in [2.05, 4.69) is 104 Å². The largest absolute Gasteiger partial charge is 0.479 e. The van der Waals surface area contributed by atoms with Gasteiger partial charge in [-0.25, -0.2) is 39.1 Å². The molecule has 700 valence electrons. The number of halogens is 4. The molecule has 36 heteroatoms. The molecule has 4 aliphatic rings. The fraction of sp³-hybridized carbons (Fsp3) is 0.277. The van der Waals surface area contributed by atoms with Crippen molar-refractivity contribution in [2.45, 2.75) is 145 Å². The zero-order valence-corrected chi connectivity index (χ0v) is 80.4. The Morgan fingerprint density at radius 1 is 0.321 bits per heavy atom. The molecule has 32 nitrogen and oxygen atoms in total. The number of carbonyl (C=O) groups excluding carboxylic acids is 1. The number of benzene rings is 4. The molecule has 0 aliphatic heterocycles. The molecule has 12 heterocycles. The predicted octanol–water partition coefficient (Wildman–Crippen LogP) is 19.0. The number of nitrogens with two attached hydrogens (primary N) is 4. The average Bonchev–Trinajstić information content (AvgIpc) is 1.67. The van der Waals surface area contributed by atoms with Crippen molar-refractivity contribution < 1.29 is 59.3 Å². The Balaban J connectivity index is 0.000000127. The first-order chi connectivity index (χ1) is 66.3. The monoisotopic (exact) mass is 2100 g/mol. The second-order valence-corrected chi connectivity index (χ2v) is 37.9. The summed E-state index contributed by atoms with van der Waals surface area (Å²) < 4.78 is 14.5. The number of carbonyl (C=O) groups is 5. The summed E-state index contributed by atoms with van der Waals surface area (Å²) in [6.45, 7) is 0. The number of carboxylic acid groups (broad SMARTS) is 4. The number of hydrogen-bond acceptors (Lipinski definition) is 24. The van der Waals surface area contributed by atoms with Gasteiger partial charge in [0.15, 0.2) is 40.9 Å². The highest BCUT2D eigenvalue weighted by molar-refractivity contribution is 9.11. The van der Waals surface area contributed by atoms with Crippen molar-refractivity contribution in [2.75, 3.05) is 30.0 Å². The Morgan fingerprint density at radius 2 is 0.562 bits per heavy atom. The van der Waals surface area contributed by atoms with E-state index in [0.717, 1.165) is 168 Å². The number of Topliss-reactive ketones (excluding diaryl/α,β-unsaturated/α-hetero) is 1. The number of rotatable bonds is 21. The molecule has 0 radical (unpaired) electrons. The lowest BCUT2D eigenvalue weighted by Crippen LogP contribution is -2.34. The molecule has 0 bridgehead atoms. The molecule has 0 spiro atoms. The number of nitrogens with zero attached hydrogens (tertiary/aromatic N) is 16. The van der Waals surface area contributed by atoms with Gasteiger partial charge in [0.1, 0.15) is 23.3 Å². The maximum atomic E-state index is 11.9. The van der Waals surface area contributed by atoms with Crippen molar-refractivity contribution in [1.82, 2.24) is 78.3 Å². The van der Waals surface area contributed by atoms with Gasteiger partial charge in [-0.1, -0.05) is 146 Å². The van der Waals surface area contributed by atoms with E-state index in [1.54, 1.807) is 42.8 Å². The molecule has 4 aromatic carbocycles. The predicted molar refractivity (Wildman–Crippen MR) is 532 cm³/mol. The van der Waals surface area contributed by atoms with Gasteiger partial charge in [-0.3, -0.25) is 24.7 Å². The van der Waals surface area contributed by atoms with Crippen LogP contribution in [0.3, 0.4) is 0 Å². The van der Waals surface area contributed by atoms with Gasteiger partial charge in [-0.15, -0.1) is 0 Å². The van der Waals surface area contributed by atoms with Crippen LogP contribution in [0.1, 0.15) is 149 Å². The topological polar surface area (TPSA) is 492 Å². The Hall–Kier alpha value is -13.5. The van der Waals surface area contributed by atoms with Crippen LogP contribution in [0.25, 0.3) is 112 Å². The van der Waals surface area contributed by atoms with Crippen LogP contribution in [0.4, 0.5) is 23.3 Å². The number of aromatic nitrogens is 16. The lowest BCUT2D eigenvalue weighted by atomic mass is 9.78. The second-order valence-electron chi connectivity index (χ2n) is 34.8. The maximum Gasteiger partial charge on any atom is 0.372 e. The molecule has 4 aliphatic carbocycles. The number of anilines is 4. The van der Waals surface area contributed by atoms with Crippen LogP contribution in [-0.2, 0) is 28.7 Å². The van der Waals surface area contributed by atoms with Crippen LogP contribution < -0.4 is 22.9 Å². The van der Waals surface area contributed by atoms with Gasteiger partial charge < -0.3 is 58.3 Å². The number of hydrogen-bond donors (Lipinski definition) is 10. The van der Waals surface area contributed by atoms with Gasteiger partial charge in [-0.2, -0.15) is 38.5 Å². The maximum absolute atomic E-state index is 11.9. The number of methoxy groups -OCH3 is 1. The minimum atomic E-state index is -1.36. The molecule has 4 fully saturated rings. The van der Waals surface area contributed by atoms with Gasteiger partial charge in [0, 0.05) is 128 Å². The summed E-state index contributed by atoms with van der Waals surface area (Å²) in [6.07, 6.45) is 21.8. The van der Waals surface area contributed by atoms with E-state index >= 15 is 0 Å². The van der Waals surface area contributed by atoms with Crippen LogP contribution in [0.15, 0.2) is 237 Å². The quantitative estimate of drug-likeness (QED) is 0.0299. The minimum absolute atomic E-state index is 0.00617. The Kier molecular flexibility index (Phi) is 29.2. The van der Waals surface area contributed by atoms with Crippen molar-refractivity contribution in [3.05, 3.63) is 260 Å². The normalized spacial score (nSPS) is 18.9. The van der Waals surface area contributed by atoms with Crippen molar-refractivity contribution in [3.63, 3.8) is 0 Å². The molecule has 20 rings (SSSR count). The number of ether oxygens (including phenoxy) is 1. The first-order valence-electron chi connectivity index (χ1n) is 45.0. The molecule has 16 aromatic rings. The third-order valence-corrected chi connectivity index (χ3v) is 29.9. The summed E-state index contributed by atoms with van der Waals surface area (Å²) >= 11 is 14.4. The number of aliphatic hydroxyl groups excluding tert-OH is 2. The third-order valence-electron chi connectivity index (χ3n) is 26.7. The average molecular weight is 2100 g/mol. The molecule has 137 heavy (non-hydrogen) atoms. The van der Waals surface area contributed by atoms with Crippen molar-refractivity contribution >= 4 is 139 Å². The molecular formula is C101H96Br4N20O12. The standard InChI is InChI=1S/C26H26BrN5O3.2C25H24BrN5O3.C25H22BrN5O3/c1-35-23(26(33)34)17-9-7-16(8-10-17)22-21(27)24(28)32-25(31-22)19(14-30-32)18-11-12-20(29-13-18)15-5-3-2-4-6-15;3*26-20-21(15-6-8-16(9-7-15)22(32)25(33)34)30-24-18(13-29-31(24)23(20)27)17-10-11-19(28-12-17)14-4-2-1-3-5-14/h2-6,11-14,16-17,23H,7-10,28H2,1H3,(H,33,34);2*1-5,10-13,15-16,22,32H,6-9,27H2,(H,33,34);1-5,10-13,15-16H,6-9,27H2,(H,33,34). The first-order valence-corrected chi connectivity index (χ1v) is 48.2. The van der Waals surface area contributed by atoms with Gasteiger partial charge >= 0.3 is 23.9 Å². The Bertz CT molecular complexity index is 6870. The first kappa shape index (κ1) is 95.2. The molecule has 3 unspecified atom stereocenters. The zero-order chi connectivity index (χ0) is 96.0. The van der Waals surface area contributed by atoms with E-state index in [1.807, 2.05) is 195 Å². The van der Waals surface area contributed by atoms with Crippen molar-refractivity contribution in [3.8, 4) is 89.5 Å². The smallest absolute Gasteiger partial charge is 0.372 e. The zero-order valence-electron chi connectivity index (χ0n) is 74.1. The Morgan fingerprint density at radius 3 is 0.774 bits per heavy atom. The fourth-order valence-corrected chi connectivity index (χ4v) is 21.4. The molecule has 0 saturated heterocycles. The van der Waals surface area contributed by atoms with Gasteiger partial charge in [0.05, 0.1) is 88.2 Å². The summed E-state index contributed by atoms with van der Waals surface area (Å²) in [7, 11) is 1.46. The lowest BCUT2D eigenvalue weighted by molar-refractivity contribution is -0.153. The van der Waals surface area contributed by atoms with Crippen LogP contribution >= 0.6 is 63.7 Å². The van der Waals surface area contributed by atoms with Crippen LogP contribution in [0, 0.1) is 23.7 Å². The number of nitrogen functional groups attached to an aromatic ring is 4. The van der Waals surface area contributed by atoms with E-state index in [1.165, 1.54) is 7.11 Å². The summed E-state index contributed by atoms with van der Waals surface area (Å²) in [5, 5.41) is 74.3. The highest BCUT2D eigenvalue weighted by atomic mass is 79.9. The van der Waals surface area contributed by atoms with Crippen molar-refractivity contribution in [2.24, 2.45) is 23.7 Å². The van der Waals surface area contributed by atoms with Crippen LogP contribution in [-0.4, -0.2) is 164 Å². The number of ketones is 1. The number of aliphatic carboxylic acids is 4. The van der Waals surface area contributed by atoms with E-state index in [-0.39, 0.29) is 41.4 Å². The number of carboxylic acids is 4.